The fourth-order valence-corrected chi connectivity index (χ4v) is 2.07. The molecule has 1 atom stereocenters. The molecule has 2 rings (SSSR count). The number of rotatable bonds is 3. The van der Waals surface area contributed by atoms with E-state index >= 15 is 0 Å². The van der Waals surface area contributed by atoms with E-state index in [1.54, 1.807) is 6.07 Å². The van der Waals surface area contributed by atoms with Crippen molar-refractivity contribution < 1.29 is 4.79 Å². The maximum Gasteiger partial charge on any atom is 0.243 e. The topological polar surface area (TPSA) is 90.7 Å². The summed E-state index contributed by atoms with van der Waals surface area (Å²) < 4.78 is 0. The van der Waals surface area contributed by atoms with Gasteiger partial charge >= 0.3 is 0 Å². The highest BCUT2D eigenvalue weighted by atomic mass is 16.2. The largest absolute Gasteiger partial charge is 0.358 e. The number of carbonyl (C=O) groups is 1. The molecule has 0 radical (unpaired) electrons. The van der Waals surface area contributed by atoms with Gasteiger partial charge in [-0.2, -0.15) is 5.26 Å². The molecule has 2 N–H and O–H groups in total. The van der Waals surface area contributed by atoms with Crippen molar-refractivity contribution in [3.8, 4) is 6.07 Å². The molecule has 100 valence electrons. The van der Waals surface area contributed by atoms with Crippen LogP contribution in [0.15, 0.2) is 6.07 Å². The fraction of sp³-hybridized carbons (Fsp3) is 0.538. The molecule has 0 spiro atoms. The van der Waals surface area contributed by atoms with Crippen LogP contribution in [-0.4, -0.2) is 28.5 Å². The molecule has 1 fully saturated rings. The summed E-state index contributed by atoms with van der Waals surface area (Å²) in [6.45, 7) is 6.57. The van der Waals surface area contributed by atoms with Gasteiger partial charge in [-0.25, -0.2) is 9.97 Å². The fourth-order valence-electron chi connectivity index (χ4n) is 2.07. The second kappa shape index (κ2) is 4.84. The Kier molecular flexibility index (Phi) is 3.38. The number of nitriles is 1. The van der Waals surface area contributed by atoms with E-state index in [9.17, 15) is 4.79 Å². The number of hydrogen-bond acceptors (Lipinski definition) is 5. The van der Waals surface area contributed by atoms with Crippen LogP contribution < -0.4 is 10.6 Å². The second-order valence-corrected chi connectivity index (χ2v) is 5.30. The lowest BCUT2D eigenvalue weighted by molar-refractivity contribution is -0.120. The number of carbonyl (C=O) groups excluding carboxylic acids is 1. The lowest BCUT2D eigenvalue weighted by atomic mass is 9.87. The first-order chi connectivity index (χ1) is 8.96. The molecule has 0 aliphatic carbocycles. The Morgan fingerprint density at radius 3 is 2.84 bits per heavy atom. The van der Waals surface area contributed by atoms with Crippen LogP contribution in [0.2, 0.25) is 0 Å². The minimum atomic E-state index is -0.348. The van der Waals surface area contributed by atoms with Gasteiger partial charge in [0.15, 0.2) is 0 Å². The third-order valence-corrected chi connectivity index (χ3v) is 3.26. The van der Waals surface area contributed by atoms with E-state index in [4.69, 9.17) is 5.26 Å². The first kappa shape index (κ1) is 13.3. The number of nitrogens with zero attached hydrogens (tertiary/aromatic N) is 3. The molecule has 19 heavy (non-hydrogen) atoms. The molecule has 1 aromatic rings. The van der Waals surface area contributed by atoms with Crippen LogP contribution in [0.4, 0.5) is 5.82 Å². The predicted molar refractivity (Wildman–Crippen MR) is 70.3 cm³/mol. The molecule has 2 heterocycles. The summed E-state index contributed by atoms with van der Waals surface area (Å²) in [5.41, 5.74) is 0.117. The Morgan fingerprint density at radius 2 is 2.32 bits per heavy atom. The van der Waals surface area contributed by atoms with Gasteiger partial charge < -0.3 is 10.6 Å². The molecular weight excluding hydrogens is 242 g/mol. The van der Waals surface area contributed by atoms with Crippen LogP contribution in [0.5, 0.6) is 0 Å². The number of amides is 1. The summed E-state index contributed by atoms with van der Waals surface area (Å²) in [7, 11) is 0. The molecule has 6 heteroatoms. The van der Waals surface area contributed by atoms with E-state index < -0.39 is 0 Å². The highest BCUT2D eigenvalue weighted by Gasteiger charge is 2.41. The molecule has 0 aromatic carbocycles. The standard InChI is InChI=1S/C13H17N5O/c1-4-9-16-8(6-14)5-10(17-9)18-11-12(19)15-7-13(11,2)3/h5,11H,4,7H2,1-3H3,(H,15,19)(H,16,17,18)/t11-/m0/s1. The number of aryl methyl sites for hydroxylation is 1. The number of nitrogens with one attached hydrogen (secondary N) is 2. The van der Waals surface area contributed by atoms with Crippen molar-refractivity contribution in [2.24, 2.45) is 5.41 Å². The summed E-state index contributed by atoms with van der Waals surface area (Å²) in [4.78, 5) is 20.2. The van der Waals surface area contributed by atoms with Gasteiger partial charge in [0.05, 0.1) is 0 Å². The van der Waals surface area contributed by atoms with E-state index in [2.05, 4.69) is 20.6 Å². The second-order valence-electron chi connectivity index (χ2n) is 5.30. The van der Waals surface area contributed by atoms with Crippen LogP contribution >= 0.6 is 0 Å². The van der Waals surface area contributed by atoms with E-state index in [1.165, 1.54) is 0 Å². The van der Waals surface area contributed by atoms with Crippen molar-refractivity contribution in [2.75, 3.05) is 11.9 Å². The predicted octanol–water partition coefficient (Wildman–Crippen LogP) is 0.847. The van der Waals surface area contributed by atoms with Crippen molar-refractivity contribution in [3.63, 3.8) is 0 Å². The van der Waals surface area contributed by atoms with E-state index in [0.29, 0.717) is 30.3 Å². The highest BCUT2D eigenvalue weighted by Crippen LogP contribution is 2.27. The van der Waals surface area contributed by atoms with E-state index in [1.807, 2.05) is 26.8 Å². The summed E-state index contributed by atoms with van der Waals surface area (Å²) >= 11 is 0. The zero-order valence-electron chi connectivity index (χ0n) is 11.3. The molecule has 0 bridgehead atoms. The Bertz CT molecular complexity index is 546. The zero-order valence-corrected chi connectivity index (χ0v) is 11.3. The van der Waals surface area contributed by atoms with Crippen LogP contribution in [0.3, 0.4) is 0 Å². The van der Waals surface area contributed by atoms with Crippen LogP contribution in [0.25, 0.3) is 0 Å². The quantitative estimate of drug-likeness (QED) is 0.839. The maximum atomic E-state index is 11.8. The molecule has 1 amide bonds. The van der Waals surface area contributed by atoms with Gasteiger partial charge in [0.25, 0.3) is 0 Å². The average molecular weight is 259 g/mol. The first-order valence-corrected chi connectivity index (χ1v) is 6.28. The van der Waals surface area contributed by atoms with Crippen molar-refractivity contribution in [2.45, 2.75) is 33.2 Å². The molecule has 0 unspecified atom stereocenters. The highest BCUT2D eigenvalue weighted by molar-refractivity contribution is 5.87. The smallest absolute Gasteiger partial charge is 0.243 e. The third kappa shape index (κ3) is 2.65. The SMILES string of the molecule is CCc1nc(C#N)cc(N[C@H]2C(=O)NCC2(C)C)n1. The van der Waals surface area contributed by atoms with Gasteiger partial charge in [-0.1, -0.05) is 20.8 Å². The summed E-state index contributed by atoms with van der Waals surface area (Å²) in [5, 5.41) is 14.9. The van der Waals surface area contributed by atoms with Gasteiger partial charge in [0.1, 0.15) is 29.4 Å². The molecule has 1 aliphatic rings. The van der Waals surface area contributed by atoms with Crippen molar-refractivity contribution >= 4 is 11.7 Å². The van der Waals surface area contributed by atoms with Gasteiger partial charge in [-0.05, 0) is 0 Å². The first-order valence-electron chi connectivity index (χ1n) is 6.28. The van der Waals surface area contributed by atoms with Gasteiger partial charge in [-0.15, -0.1) is 0 Å². The number of hydrogen-bond donors (Lipinski definition) is 2. The molecular formula is C13H17N5O. The zero-order chi connectivity index (χ0) is 14.0. The number of aromatic nitrogens is 2. The summed E-state index contributed by atoms with van der Waals surface area (Å²) in [5.74, 6) is 1.08. The summed E-state index contributed by atoms with van der Waals surface area (Å²) in [6, 6.07) is 3.23. The Balaban J connectivity index is 2.28. The van der Waals surface area contributed by atoms with Crippen molar-refractivity contribution in [1.29, 1.82) is 5.26 Å². The minimum Gasteiger partial charge on any atom is -0.358 e. The average Bonchev–Trinajstić information content (AvgIpc) is 2.65. The van der Waals surface area contributed by atoms with Gasteiger partial charge in [0.2, 0.25) is 5.91 Å². The Hall–Kier alpha value is -2.16. The molecule has 1 aliphatic heterocycles. The molecule has 1 aromatic heterocycles. The van der Waals surface area contributed by atoms with Gasteiger partial charge in [0, 0.05) is 24.4 Å². The van der Waals surface area contributed by atoms with Gasteiger partial charge in [-0.3, -0.25) is 4.79 Å². The molecule has 1 saturated heterocycles. The third-order valence-electron chi connectivity index (χ3n) is 3.26. The minimum absolute atomic E-state index is 0.0415. The van der Waals surface area contributed by atoms with Crippen LogP contribution in [-0.2, 0) is 11.2 Å². The summed E-state index contributed by atoms with van der Waals surface area (Å²) in [6.07, 6.45) is 0.643. The molecule has 6 nitrogen and oxygen atoms in total. The lowest BCUT2D eigenvalue weighted by Crippen LogP contribution is -2.38. The van der Waals surface area contributed by atoms with E-state index in [-0.39, 0.29) is 17.4 Å². The van der Waals surface area contributed by atoms with Crippen LogP contribution in [0.1, 0.15) is 32.3 Å². The van der Waals surface area contributed by atoms with Crippen molar-refractivity contribution in [3.05, 3.63) is 17.6 Å². The van der Waals surface area contributed by atoms with E-state index in [0.717, 1.165) is 0 Å². The van der Waals surface area contributed by atoms with Crippen LogP contribution in [0, 0.1) is 16.7 Å². The number of anilines is 1. The Labute approximate surface area is 112 Å². The monoisotopic (exact) mass is 259 g/mol. The Morgan fingerprint density at radius 1 is 1.58 bits per heavy atom. The molecule has 0 saturated carbocycles. The normalized spacial score (nSPS) is 20.7. The van der Waals surface area contributed by atoms with Crippen molar-refractivity contribution in [1.82, 2.24) is 15.3 Å². The lowest BCUT2D eigenvalue weighted by Gasteiger charge is -2.25. The maximum absolute atomic E-state index is 11.8.